The molecule has 0 aliphatic heterocycles. The molecule has 2 N–H and O–H groups in total. The number of benzene rings is 1. The number of anilines is 1. The van der Waals surface area contributed by atoms with Crippen LogP contribution < -0.4 is 5.32 Å². The van der Waals surface area contributed by atoms with Gasteiger partial charge in [0.05, 0.1) is 11.4 Å². The molecule has 0 radical (unpaired) electrons. The van der Waals surface area contributed by atoms with Gasteiger partial charge in [-0.15, -0.1) is 0 Å². The average molecular weight is 250 g/mol. The lowest BCUT2D eigenvalue weighted by atomic mass is 10.1. The fraction of sp³-hybridized carbons (Fsp3) is 0.333. The standard InChI is InChI=1S/C12H14N2O2S/c1-8(12(15)16)6-7-13-11-9-4-2-3-5-10(9)14-17-11/h2-5,8,13H,6-7H2,1H3,(H,15,16). The van der Waals surface area contributed by atoms with E-state index in [0.29, 0.717) is 13.0 Å². The van der Waals surface area contributed by atoms with Crippen LogP contribution >= 0.6 is 11.5 Å². The van der Waals surface area contributed by atoms with E-state index in [1.54, 1.807) is 6.92 Å². The summed E-state index contributed by atoms with van der Waals surface area (Å²) in [6, 6.07) is 7.92. The number of carbonyl (C=O) groups is 1. The molecule has 1 unspecified atom stereocenters. The van der Waals surface area contributed by atoms with E-state index >= 15 is 0 Å². The van der Waals surface area contributed by atoms with Crippen LogP contribution in [0.15, 0.2) is 24.3 Å². The van der Waals surface area contributed by atoms with Gasteiger partial charge >= 0.3 is 5.97 Å². The molecule has 2 aromatic rings. The minimum atomic E-state index is -0.749. The molecule has 1 atom stereocenters. The summed E-state index contributed by atoms with van der Waals surface area (Å²) in [7, 11) is 0. The smallest absolute Gasteiger partial charge is 0.306 e. The first-order chi connectivity index (χ1) is 8.18. The van der Waals surface area contributed by atoms with Crippen molar-refractivity contribution in [1.82, 2.24) is 4.37 Å². The zero-order chi connectivity index (χ0) is 12.3. The van der Waals surface area contributed by atoms with E-state index in [9.17, 15) is 4.79 Å². The number of rotatable bonds is 5. The quantitative estimate of drug-likeness (QED) is 0.856. The van der Waals surface area contributed by atoms with Gasteiger partial charge in [0.2, 0.25) is 0 Å². The lowest BCUT2D eigenvalue weighted by Crippen LogP contribution is -2.14. The monoisotopic (exact) mass is 250 g/mol. The molecule has 0 saturated heterocycles. The number of nitrogens with zero attached hydrogens (tertiary/aromatic N) is 1. The van der Waals surface area contributed by atoms with E-state index in [1.807, 2.05) is 24.3 Å². The molecular weight excluding hydrogens is 236 g/mol. The summed E-state index contributed by atoms with van der Waals surface area (Å²) < 4.78 is 4.31. The summed E-state index contributed by atoms with van der Waals surface area (Å²) in [5.74, 6) is -1.07. The Hall–Kier alpha value is -1.62. The molecule has 1 heterocycles. The summed E-state index contributed by atoms with van der Waals surface area (Å²) in [4.78, 5) is 10.7. The van der Waals surface area contributed by atoms with Gasteiger partial charge in [0.1, 0.15) is 5.00 Å². The molecule has 0 aliphatic carbocycles. The molecule has 4 nitrogen and oxygen atoms in total. The number of fused-ring (bicyclic) bond motifs is 1. The van der Waals surface area contributed by atoms with Crippen molar-refractivity contribution in [2.45, 2.75) is 13.3 Å². The number of aliphatic carboxylic acids is 1. The molecule has 1 aromatic heterocycles. The van der Waals surface area contributed by atoms with Crippen molar-refractivity contribution < 1.29 is 9.90 Å². The Kier molecular flexibility index (Phi) is 3.58. The molecule has 0 saturated carbocycles. The van der Waals surface area contributed by atoms with Crippen LogP contribution in [0.2, 0.25) is 0 Å². The molecule has 5 heteroatoms. The van der Waals surface area contributed by atoms with Crippen LogP contribution in [0.25, 0.3) is 10.9 Å². The van der Waals surface area contributed by atoms with Crippen molar-refractivity contribution in [3.05, 3.63) is 24.3 Å². The molecule has 17 heavy (non-hydrogen) atoms. The number of carboxylic acids is 1. The zero-order valence-electron chi connectivity index (χ0n) is 9.51. The van der Waals surface area contributed by atoms with Gasteiger partial charge in [-0.1, -0.05) is 19.1 Å². The Morgan fingerprint density at radius 2 is 2.29 bits per heavy atom. The fourth-order valence-electron chi connectivity index (χ4n) is 1.54. The van der Waals surface area contributed by atoms with Gasteiger partial charge in [0.15, 0.2) is 0 Å². The zero-order valence-corrected chi connectivity index (χ0v) is 10.3. The first kappa shape index (κ1) is 11.9. The predicted octanol–water partition coefficient (Wildman–Crippen LogP) is 2.82. The summed E-state index contributed by atoms with van der Waals surface area (Å²) >= 11 is 1.41. The highest BCUT2D eigenvalue weighted by atomic mass is 32.1. The first-order valence-electron chi connectivity index (χ1n) is 5.49. The van der Waals surface area contributed by atoms with E-state index in [2.05, 4.69) is 9.69 Å². The largest absolute Gasteiger partial charge is 0.481 e. The number of nitrogens with one attached hydrogen (secondary N) is 1. The van der Waals surface area contributed by atoms with Crippen LogP contribution in [-0.4, -0.2) is 22.0 Å². The highest BCUT2D eigenvalue weighted by Crippen LogP contribution is 2.27. The first-order valence-corrected chi connectivity index (χ1v) is 6.27. The Labute approximate surface area is 103 Å². The third-order valence-corrected chi connectivity index (χ3v) is 3.50. The van der Waals surface area contributed by atoms with E-state index in [0.717, 1.165) is 15.9 Å². The van der Waals surface area contributed by atoms with Crippen molar-refractivity contribution in [2.24, 2.45) is 5.92 Å². The summed E-state index contributed by atoms with van der Waals surface area (Å²) in [5.41, 5.74) is 0.978. The topological polar surface area (TPSA) is 62.2 Å². The normalized spacial score (nSPS) is 12.5. The van der Waals surface area contributed by atoms with Gasteiger partial charge in [-0.3, -0.25) is 4.79 Å². The maximum atomic E-state index is 10.7. The molecule has 90 valence electrons. The van der Waals surface area contributed by atoms with Gasteiger partial charge < -0.3 is 10.4 Å². The van der Waals surface area contributed by atoms with Gasteiger partial charge in [-0.2, -0.15) is 4.37 Å². The maximum Gasteiger partial charge on any atom is 0.306 e. The summed E-state index contributed by atoms with van der Waals surface area (Å²) in [5, 5.41) is 14.1. The number of aromatic nitrogens is 1. The van der Waals surface area contributed by atoms with Crippen LogP contribution in [-0.2, 0) is 4.79 Å². The Morgan fingerprint density at radius 1 is 1.53 bits per heavy atom. The molecule has 0 fully saturated rings. The second kappa shape index (κ2) is 5.14. The van der Waals surface area contributed by atoms with Crippen molar-refractivity contribution in [1.29, 1.82) is 0 Å². The molecule has 2 rings (SSSR count). The van der Waals surface area contributed by atoms with Gasteiger partial charge in [-0.25, -0.2) is 0 Å². The minimum Gasteiger partial charge on any atom is -0.481 e. The predicted molar refractivity (Wildman–Crippen MR) is 69.5 cm³/mol. The molecule has 0 bridgehead atoms. The lowest BCUT2D eigenvalue weighted by molar-refractivity contribution is -0.141. The Balaban J connectivity index is 1.98. The van der Waals surface area contributed by atoms with Crippen molar-refractivity contribution in [3.63, 3.8) is 0 Å². The Morgan fingerprint density at radius 3 is 3.06 bits per heavy atom. The number of carboxylic acid groups (broad SMARTS) is 1. The van der Waals surface area contributed by atoms with Crippen molar-refractivity contribution in [3.8, 4) is 0 Å². The highest BCUT2D eigenvalue weighted by Gasteiger charge is 2.10. The Bertz CT molecular complexity index is 524. The molecular formula is C12H14N2O2S. The van der Waals surface area contributed by atoms with Gasteiger partial charge in [0.25, 0.3) is 0 Å². The van der Waals surface area contributed by atoms with Gasteiger partial charge in [-0.05, 0) is 30.1 Å². The van der Waals surface area contributed by atoms with E-state index < -0.39 is 5.97 Å². The molecule has 0 spiro atoms. The van der Waals surface area contributed by atoms with Crippen LogP contribution in [0.5, 0.6) is 0 Å². The summed E-state index contributed by atoms with van der Waals surface area (Å²) in [6.07, 6.45) is 0.613. The lowest BCUT2D eigenvalue weighted by Gasteiger charge is -2.07. The van der Waals surface area contributed by atoms with Crippen LogP contribution in [0.1, 0.15) is 13.3 Å². The highest BCUT2D eigenvalue weighted by molar-refractivity contribution is 7.11. The second-order valence-corrected chi connectivity index (χ2v) is 4.76. The number of hydrogen-bond donors (Lipinski definition) is 2. The van der Waals surface area contributed by atoms with Crippen LogP contribution in [0, 0.1) is 5.92 Å². The average Bonchev–Trinajstić information content (AvgIpc) is 2.72. The summed E-state index contributed by atoms with van der Waals surface area (Å²) in [6.45, 7) is 2.37. The fourth-order valence-corrected chi connectivity index (χ4v) is 2.33. The maximum absolute atomic E-state index is 10.7. The van der Waals surface area contributed by atoms with Gasteiger partial charge in [0, 0.05) is 11.9 Å². The third-order valence-electron chi connectivity index (χ3n) is 2.67. The SMILES string of the molecule is CC(CCNc1snc2ccccc12)C(=O)O. The van der Waals surface area contributed by atoms with Crippen LogP contribution in [0.4, 0.5) is 5.00 Å². The van der Waals surface area contributed by atoms with E-state index in [1.165, 1.54) is 11.5 Å². The van der Waals surface area contributed by atoms with E-state index in [4.69, 9.17) is 5.11 Å². The second-order valence-electron chi connectivity index (χ2n) is 3.98. The van der Waals surface area contributed by atoms with E-state index in [-0.39, 0.29) is 5.92 Å². The van der Waals surface area contributed by atoms with Crippen LogP contribution in [0.3, 0.4) is 0 Å². The number of hydrogen-bond acceptors (Lipinski definition) is 4. The molecule has 0 amide bonds. The van der Waals surface area contributed by atoms with Crippen molar-refractivity contribution in [2.75, 3.05) is 11.9 Å². The third kappa shape index (κ3) is 2.74. The molecule has 0 aliphatic rings. The molecule has 1 aromatic carbocycles. The van der Waals surface area contributed by atoms with Crippen molar-refractivity contribution >= 4 is 33.4 Å². The minimum absolute atomic E-state index is 0.318.